The van der Waals surface area contributed by atoms with E-state index in [9.17, 15) is 4.79 Å². The fourth-order valence-electron chi connectivity index (χ4n) is 2.82. The van der Waals surface area contributed by atoms with Crippen LogP contribution in [0.15, 0.2) is 42.7 Å². The molecule has 5 nitrogen and oxygen atoms in total. The van der Waals surface area contributed by atoms with E-state index in [1.165, 1.54) is 20.5 Å². The van der Waals surface area contributed by atoms with Gasteiger partial charge in [0.15, 0.2) is 0 Å². The molecule has 0 fully saturated rings. The first kappa shape index (κ1) is 21.4. The number of rotatable bonds is 9. The Bertz CT molecular complexity index is 839. The van der Waals surface area contributed by atoms with Gasteiger partial charge in [0.1, 0.15) is 23.7 Å². The summed E-state index contributed by atoms with van der Waals surface area (Å²) in [6.45, 7) is 7.03. The summed E-state index contributed by atoms with van der Waals surface area (Å²) in [5, 5.41) is 0. The van der Waals surface area contributed by atoms with Crippen molar-refractivity contribution in [2.75, 3.05) is 20.8 Å². The van der Waals surface area contributed by atoms with Crippen LogP contribution in [0.2, 0.25) is 0 Å². The van der Waals surface area contributed by atoms with Crippen molar-refractivity contribution in [3.8, 4) is 11.5 Å². The van der Waals surface area contributed by atoms with Crippen molar-refractivity contribution in [3.05, 3.63) is 64.9 Å². The van der Waals surface area contributed by atoms with Crippen molar-refractivity contribution in [2.24, 2.45) is 0 Å². The van der Waals surface area contributed by atoms with Crippen LogP contribution >= 0.6 is 0 Å². The summed E-state index contributed by atoms with van der Waals surface area (Å²) in [6.07, 6.45) is 2.33. The zero-order valence-electron chi connectivity index (χ0n) is 17.2. The Morgan fingerprint density at radius 3 is 2.36 bits per heavy atom. The Labute approximate surface area is 166 Å². The molecule has 2 rings (SSSR count). The fraction of sp³-hybridized carbons (Fsp3) is 0.348. The standard InChI is InChI=1S/C23H28O5/c1-6-11-27-21-12-16(2)13-22(17(21)3)28-14-18-9-7-8-10-19(18)20(15-25-4)23(24)26-5/h7-10,12-13,15H,6,11,14H2,1-5H3. The summed E-state index contributed by atoms with van der Waals surface area (Å²) >= 11 is 0. The minimum atomic E-state index is -0.462. The molecule has 0 aromatic heterocycles. The highest BCUT2D eigenvalue weighted by atomic mass is 16.5. The Kier molecular flexibility index (Phi) is 7.93. The van der Waals surface area contributed by atoms with Gasteiger partial charge in [-0.15, -0.1) is 0 Å². The van der Waals surface area contributed by atoms with Gasteiger partial charge in [0.05, 0.1) is 27.1 Å². The first-order chi connectivity index (χ1) is 13.5. The molecule has 5 heteroatoms. The van der Waals surface area contributed by atoms with Crippen molar-refractivity contribution in [1.82, 2.24) is 0 Å². The van der Waals surface area contributed by atoms with Gasteiger partial charge < -0.3 is 18.9 Å². The molecule has 0 spiro atoms. The molecule has 0 aliphatic heterocycles. The van der Waals surface area contributed by atoms with Crippen molar-refractivity contribution < 1.29 is 23.7 Å². The van der Waals surface area contributed by atoms with Gasteiger partial charge in [-0.25, -0.2) is 4.79 Å². The summed E-state index contributed by atoms with van der Waals surface area (Å²) in [5.41, 5.74) is 3.93. The molecule has 0 heterocycles. The van der Waals surface area contributed by atoms with Gasteiger partial charge in [-0.1, -0.05) is 31.2 Å². The Hall–Kier alpha value is -2.95. The Morgan fingerprint density at radius 1 is 1.04 bits per heavy atom. The monoisotopic (exact) mass is 384 g/mol. The molecule has 0 bridgehead atoms. The molecule has 2 aromatic rings. The highest BCUT2D eigenvalue weighted by molar-refractivity contribution is 6.16. The molecule has 150 valence electrons. The second-order valence-electron chi connectivity index (χ2n) is 6.44. The summed E-state index contributed by atoms with van der Waals surface area (Å²) in [6, 6.07) is 11.5. The molecular formula is C23H28O5. The quantitative estimate of drug-likeness (QED) is 0.352. The number of aryl methyl sites for hydroxylation is 1. The lowest BCUT2D eigenvalue weighted by atomic mass is 10.0. The van der Waals surface area contributed by atoms with Gasteiger partial charge in [-0.05, 0) is 49.1 Å². The van der Waals surface area contributed by atoms with Crippen LogP contribution < -0.4 is 9.47 Å². The van der Waals surface area contributed by atoms with Crippen LogP contribution in [0.3, 0.4) is 0 Å². The van der Waals surface area contributed by atoms with Crippen molar-refractivity contribution in [3.63, 3.8) is 0 Å². The van der Waals surface area contributed by atoms with Crippen molar-refractivity contribution >= 4 is 11.5 Å². The highest BCUT2D eigenvalue weighted by Crippen LogP contribution is 2.31. The molecule has 0 saturated heterocycles. The fourth-order valence-corrected chi connectivity index (χ4v) is 2.82. The van der Waals surface area contributed by atoms with E-state index in [0.717, 1.165) is 34.6 Å². The van der Waals surface area contributed by atoms with E-state index in [-0.39, 0.29) is 0 Å². The van der Waals surface area contributed by atoms with Gasteiger partial charge in [0.25, 0.3) is 0 Å². The van der Waals surface area contributed by atoms with Crippen LogP contribution in [-0.2, 0) is 20.9 Å². The van der Waals surface area contributed by atoms with Gasteiger partial charge in [-0.3, -0.25) is 0 Å². The van der Waals surface area contributed by atoms with E-state index < -0.39 is 5.97 Å². The Balaban J connectivity index is 2.30. The number of hydrogen-bond donors (Lipinski definition) is 0. The number of carbonyl (C=O) groups excluding carboxylic acids is 1. The molecule has 0 aliphatic carbocycles. The average molecular weight is 384 g/mol. The topological polar surface area (TPSA) is 54.0 Å². The molecule has 2 aromatic carbocycles. The summed E-state index contributed by atoms with van der Waals surface area (Å²) in [5.74, 6) is 1.13. The third-order valence-corrected chi connectivity index (χ3v) is 4.25. The van der Waals surface area contributed by atoms with E-state index in [1.807, 2.05) is 50.2 Å². The predicted octanol–water partition coefficient (Wildman–Crippen LogP) is 4.83. The molecule has 0 amide bonds. The van der Waals surface area contributed by atoms with Gasteiger partial charge >= 0.3 is 5.97 Å². The SMILES string of the molecule is CCCOc1cc(C)cc(OCc2ccccc2C(=COC)C(=O)OC)c1C. The first-order valence-electron chi connectivity index (χ1n) is 9.28. The van der Waals surface area contributed by atoms with Crippen molar-refractivity contribution in [1.29, 1.82) is 0 Å². The molecule has 0 aliphatic rings. The normalized spacial score (nSPS) is 11.1. The third kappa shape index (κ3) is 5.28. The maximum absolute atomic E-state index is 12.1. The molecular weight excluding hydrogens is 356 g/mol. The van der Waals surface area contributed by atoms with Gasteiger partial charge in [-0.2, -0.15) is 0 Å². The lowest BCUT2D eigenvalue weighted by Crippen LogP contribution is -2.08. The minimum Gasteiger partial charge on any atom is -0.503 e. The van der Waals surface area contributed by atoms with Crippen LogP contribution in [0, 0.1) is 13.8 Å². The van der Waals surface area contributed by atoms with E-state index in [0.29, 0.717) is 24.4 Å². The predicted molar refractivity (Wildman–Crippen MR) is 109 cm³/mol. The first-order valence-corrected chi connectivity index (χ1v) is 9.28. The number of benzene rings is 2. The van der Waals surface area contributed by atoms with E-state index in [2.05, 4.69) is 6.92 Å². The second-order valence-corrected chi connectivity index (χ2v) is 6.44. The van der Waals surface area contributed by atoms with Gasteiger partial charge in [0.2, 0.25) is 0 Å². The average Bonchev–Trinajstić information content (AvgIpc) is 2.71. The van der Waals surface area contributed by atoms with Crippen LogP contribution in [0.1, 0.15) is 35.6 Å². The number of hydrogen-bond acceptors (Lipinski definition) is 5. The second kappa shape index (κ2) is 10.4. The maximum Gasteiger partial charge on any atom is 0.341 e. The minimum absolute atomic E-state index is 0.297. The number of methoxy groups -OCH3 is 2. The molecule has 0 N–H and O–H groups in total. The molecule has 0 unspecified atom stereocenters. The zero-order chi connectivity index (χ0) is 20.5. The van der Waals surface area contributed by atoms with Crippen LogP contribution in [0.5, 0.6) is 11.5 Å². The largest absolute Gasteiger partial charge is 0.503 e. The molecule has 0 radical (unpaired) electrons. The van der Waals surface area contributed by atoms with Crippen LogP contribution in [0.4, 0.5) is 0 Å². The lowest BCUT2D eigenvalue weighted by molar-refractivity contribution is -0.133. The smallest absolute Gasteiger partial charge is 0.341 e. The number of esters is 1. The third-order valence-electron chi connectivity index (χ3n) is 4.25. The molecule has 0 atom stereocenters. The Morgan fingerprint density at radius 2 is 1.71 bits per heavy atom. The molecule has 0 saturated carbocycles. The highest BCUT2D eigenvalue weighted by Gasteiger charge is 2.17. The lowest BCUT2D eigenvalue weighted by Gasteiger charge is -2.16. The molecule has 28 heavy (non-hydrogen) atoms. The summed E-state index contributed by atoms with van der Waals surface area (Å²) in [7, 11) is 2.84. The summed E-state index contributed by atoms with van der Waals surface area (Å²) < 4.78 is 21.9. The zero-order valence-corrected chi connectivity index (χ0v) is 17.2. The number of carbonyl (C=O) groups is 1. The van der Waals surface area contributed by atoms with E-state index in [1.54, 1.807) is 0 Å². The van der Waals surface area contributed by atoms with Crippen LogP contribution in [-0.4, -0.2) is 26.8 Å². The van der Waals surface area contributed by atoms with Crippen LogP contribution in [0.25, 0.3) is 5.57 Å². The maximum atomic E-state index is 12.1. The van der Waals surface area contributed by atoms with E-state index >= 15 is 0 Å². The van der Waals surface area contributed by atoms with E-state index in [4.69, 9.17) is 18.9 Å². The van der Waals surface area contributed by atoms with Gasteiger partial charge in [0, 0.05) is 5.56 Å². The summed E-state index contributed by atoms with van der Waals surface area (Å²) in [4.78, 5) is 12.1. The number of ether oxygens (including phenoxy) is 4. The van der Waals surface area contributed by atoms with Crippen molar-refractivity contribution in [2.45, 2.75) is 33.8 Å².